The first kappa shape index (κ1) is 32.6. The van der Waals surface area contributed by atoms with Crippen molar-refractivity contribution in [3.8, 4) is 67.3 Å². The molecule has 0 unspecified atom stereocenters. The van der Waals surface area contributed by atoms with Gasteiger partial charge in [-0.15, -0.1) is 0 Å². The van der Waals surface area contributed by atoms with Crippen LogP contribution in [-0.4, -0.2) is 9.97 Å². The Morgan fingerprint density at radius 1 is 0.304 bits per heavy atom. The third kappa shape index (κ3) is 5.20. The first-order valence-corrected chi connectivity index (χ1v) is 19.9. The number of benzene rings is 8. The van der Waals surface area contributed by atoms with Crippen LogP contribution in [0.25, 0.3) is 67.3 Å². The lowest BCUT2D eigenvalue weighted by molar-refractivity contribution is 0.723. The molecule has 1 aliphatic heterocycles. The van der Waals surface area contributed by atoms with Gasteiger partial charge in [-0.2, -0.15) is 0 Å². The van der Waals surface area contributed by atoms with E-state index >= 15 is 0 Å². The van der Waals surface area contributed by atoms with E-state index in [0.717, 1.165) is 39.5 Å². The van der Waals surface area contributed by atoms with Crippen molar-refractivity contribution >= 4 is 11.8 Å². The summed E-state index contributed by atoms with van der Waals surface area (Å²) >= 11 is 1.89. The molecule has 9 aromatic rings. The van der Waals surface area contributed by atoms with Crippen LogP contribution in [0.2, 0.25) is 0 Å². The average Bonchev–Trinajstić information content (AvgIpc) is 3.57. The lowest BCUT2D eigenvalue weighted by Gasteiger charge is -2.40. The number of rotatable bonds is 5. The van der Waals surface area contributed by atoms with Gasteiger partial charge in [0.25, 0.3) is 0 Å². The van der Waals surface area contributed by atoms with Gasteiger partial charge >= 0.3 is 0 Å². The van der Waals surface area contributed by atoms with Crippen LogP contribution in [0.1, 0.15) is 22.3 Å². The quantitative estimate of drug-likeness (QED) is 0.176. The molecule has 0 atom stereocenters. The molecule has 1 aromatic heterocycles. The van der Waals surface area contributed by atoms with Gasteiger partial charge in [-0.05, 0) is 79.9 Å². The molecule has 0 saturated heterocycles. The zero-order valence-corrected chi connectivity index (χ0v) is 31.2. The largest absolute Gasteiger partial charge is 0.228 e. The predicted molar refractivity (Wildman–Crippen MR) is 231 cm³/mol. The molecule has 2 aliphatic rings. The van der Waals surface area contributed by atoms with Crippen LogP contribution < -0.4 is 0 Å². The van der Waals surface area contributed by atoms with E-state index in [1.165, 1.54) is 59.9 Å². The number of hydrogen-bond acceptors (Lipinski definition) is 3. The summed E-state index contributed by atoms with van der Waals surface area (Å²) in [6, 6.07) is 74.4. The molecule has 1 spiro atoms. The van der Waals surface area contributed by atoms with E-state index in [0.29, 0.717) is 0 Å². The molecule has 2 nitrogen and oxygen atoms in total. The zero-order chi connectivity index (χ0) is 37.1. The van der Waals surface area contributed by atoms with E-state index < -0.39 is 0 Å². The molecule has 0 bridgehead atoms. The zero-order valence-electron chi connectivity index (χ0n) is 30.4. The van der Waals surface area contributed by atoms with Crippen LogP contribution in [0.3, 0.4) is 0 Å². The molecule has 1 aliphatic carbocycles. The minimum absolute atomic E-state index is 0.380. The van der Waals surface area contributed by atoms with Crippen molar-refractivity contribution in [2.45, 2.75) is 15.2 Å². The molecular formula is C53H34N2S. The van der Waals surface area contributed by atoms with E-state index in [-0.39, 0.29) is 5.41 Å². The lowest BCUT2D eigenvalue weighted by Crippen LogP contribution is -2.32. The molecule has 3 heteroatoms. The molecule has 262 valence electrons. The molecule has 0 fully saturated rings. The number of aromatic nitrogens is 2. The summed E-state index contributed by atoms with van der Waals surface area (Å²) in [6.45, 7) is 0. The second kappa shape index (κ2) is 13.2. The van der Waals surface area contributed by atoms with Gasteiger partial charge in [-0.25, -0.2) is 9.97 Å². The van der Waals surface area contributed by atoms with E-state index in [1.54, 1.807) is 0 Å². The van der Waals surface area contributed by atoms with Crippen molar-refractivity contribution in [3.05, 3.63) is 229 Å². The van der Waals surface area contributed by atoms with Crippen molar-refractivity contribution in [2.24, 2.45) is 0 Å². The Labute approximate surface area is 331 Å². The third-order valence-electron chi connectivity index (χ3n) is 11.4. The lowest BCUT2D eigenvalue weighted by atomic mass is 9.67. The highest BCUT2D eigenvalue weighted by Gasteiger charge is 2.50. The van der Waals surface area contributed by atoms with E-state index in [9.17, 15) is 0 Å². The van der Waals surface area contributed by atoms with E-state index in [2.05, 4.69) is 170 Å². The second-order valence-corrected chi connectivity index (χ2v) is 15.6. The Balaban J connectivity index is 0.950. The summed E-state index contributed by atoms with van der Waals surface area (Å²) < 4.78 is 0. The highest BCUT2D eigenvalue weighted by atomic mass is 32.2. The summed E-state index contributed by atoms with van der Waals surface area (Å²) in [5.41, 5.74) is 17.4. The minimum Gasteiger partial charge on any atom is -0.228 e. The summed E-state index contributed by atoms with van der Waals surface area (Å²) in [5, 5.41) is 0. The van der Waals surface area contributed by atoms with Gasteiger partial charge in [0, 0.05) is 26.5 Å². The van der Waals surface area contributed by atoms with Crippen LogP contribution in [-0.2, 0) is 5.41 Å². The summed E-state index contributed by atoms with van der Waals surface area (Å²) in [6.07, 6.45) is 0. The van der Waals surface area contributed by atoms with Crippen LogP contribution in [0.4, 0.5) is 0 Å². The highest BCUT2D eigenvalue weighted by molar-refractivity contribution is 7.99. The number of hydrogen-bond donors (Lipinski definition) is 0. The van der Waals surface area contributed by atoms with Gasteiger partial charge in [-0.3, -0.25) is 0 Å². The molecular weight excluding hydrogens is 697 g/mol. The van der Waals surface area contributed by atoms with E-state index in [1.807, 2.05) is 48.2 Å². The van der Waals surface area contributed by atoms with Crippen molar-refractivity contribution < 1.29 is 0 Å². The standard InChI is InChI=1S/C53H34N2S/c1-3-13-38(14-4-1)48-34-49(55-52(54-48)40-15-5-2-6-16-40)39-29-27-36(28-30-39)35-23-25-37(26-24-35)41-31-32-51-47(33-41)53(46-21-11-12-22-50(46)56-51)44-19-9-7-17-42(44)43-18-8-10-20-45(43)53/h1-34H. The van der Waals surface area contributed by atoms with E-state index in [4.69, 9.17) is 9.97 Å². The fraction of sp³-hybridized carbons (Fsp3) is 0.0189. The fourth-order valence-electron chi connectivity index (χ4n) is 8.79. The third-order valence-corrected chi connectivity index (χ3v) is 12.6. The van der Waals surface area contributed by atoms with Crippen molar-refractivity contribution in [1.29, 1.82) is 0 Å². The number of fused-ring (bicyclic) bond motifs is 9. The summed E-state index contributed by atoms with van der Waals surface area (Å²) in [4.78, 5) is 12.6. The fourth-order valence-corrected chi connectivity index (χ4v) is 9.97. The maximum Gasteiger partial charge on any atom is 0.160 e. The van der Waals surface area contributed by atoms with Crippen LogP contribution in [0, 0.1) is 0 Å². The van der Waals surface area contributed by atoms with Gasteiger partial charge in [-0.1, -0.05) is 194 Å². The summed E-state index contributed by atoms with van der Waals surface area (Å²) in [7, 11) is 0. The Morgan fingerprint density at radius 3 is 1.34 bits per heavy atom. The number of nitrogens with zero attached hydrogens (tertiary/aromatic N) is 2. The summed E-state index contributed by atoms with van der Waals surface area (Å²) in [5.74, 6) is 0.721. The first-order valence-electron chi connectivity index (χ1n) is 19.1. The van der Waals surface area contributed by atoms with Gasteiger partial charge in [0.2, 0.25) is 0 Å². The predicted octanol–water partition coefficient (Wildman–Crippen LogP) is 13.6. The normalized spacial score (nSPS) is 13.1. The maximum absolute atomic E-state index is 5.03. The van der Waals surface area contributed by atoms with Gasteiger partial charge in [0.05, 0.1) is 16.8 Å². The monoisotopic (exact) mass is 730 g/mol. The maximum atomic E-state index is 5.03. The second-order valence-electron chi connectivity index (χ2n) is 14.5. The SMILES string of the molecule is c1ccc(-c2cc(-c3ccc(-c4ccc(-c5ccc6c(c5)C5(c7ccccc7S6)c6ccccc6-c6ccccc65)cc4)cc3)nc(-c3ccccc3)n2)cc1. The Morgan fingerprint density at radius 2 is 0.732 bits per heavy atom. The molecule has 0 saturated carbocycles. The van der Waals surface area contributed by atoms with Gasteiger partial charge < -0.3 is 0 Å². The van der Waals surface area contributed by atoms with Crippen molar-refractivity contribution in [3.63, 3.8) is 0 Å². The smallest absolute Gasteiger partial charge is 0.160 e. The topological polar surface area (TPSA) is 25.8 Å². The van der Waals surface area contributed by atoms with Crippen LogP contribution in [0.5, 0.6) is 0 Å². The molecule has 56 heavy (non-hydrogen) atoms. The Hall–Kier alpha value is -6.81. The van der Waals surface area contributed by atoms with Crippen molar-refractivity contribution in [2.75, 3.05) is 0 Å². The first-order chi connectivity index (χ1) is 27.7. The highest BCUT2D eigenvalue weighted by Crippen LogP contribution is 2.62. The van der Waals surface area contributed by atoms with Crippen LogP contribution in [0.15, 0.2) is 216 Å². The molecule has 2 heterocycles. The van der Waals surface area contributed by atoms with Gasteiger partial charge in [0.15, 0.2) is 5.82 Å². The molecule has 0 N–H and O–H groups in total. The molecule has 0 amide bonds. The minimum atomic E-state index is -0.380. The molecule has 8 aromatic carbocycles. The van der Waals surface area contributed by atoms with Gasteiger partial charge in [0.1, 0.15) is 0 Å². The molecule has 11 rings (SSSR count). The van der Waals surface area contributed by atoms with Crippen LogP contribution >= 0.6 is 11.8 Å². The van der Waals surface area contributed by atoms with Crippen molar-refractivity contribution in [1.82, 2.24) is 9.97 Å². The molecule has 0 radical (unpaired) electrons. The Bertz CT molecular complexity index is 2810. The Kier molecular flexibility index (Phi) is 7.68. The average molecular weight is 731 g/mol.